The summed E-state index contributed by atoms with van der Waals surface area (Å²) in [5.74, 6) is 0.0489. The van der Waals surface area contributed by atoms with Crippen LogP contribution in [0.2, 0.25) is 0 Å². The van der Waals surface area contributed by atoms with Crippen molar-refractivity contribution in [1.82, 2.24) is 9.88 Å². The van der Waals surface area contributed by atoms with E-state index in [0.29, 0.717) is 6.04 Å². The maximum atomic E-state index is 12.6. The summed E-state index contributed by atoms with van der Waals surface area (Å²) in [7, 11) is 0. The molecule has 0 unspecified atom stereocenters. The number of carbonyl (C=O) groups excluding carboxylic acids is 1. The van der Waals surface area contributed by atoms with Crippen LogP contribution >= 0.6 is 11.3 Å². The fraction of sp³-hybridized carbons (Fsp3) is 0.562. The molecule has 20 heavy (non-hydrogen) atoms. The van der Waals surface area contributed by atoms with Gasteiger partial charge in [0, 0.05) is 11.6 Å². The highest BCUT2D eigenvalue weighted by Crippen LogP contribution is 2.36. The molecule has 0 aliphatic heterocycles. The van der Waals surface area contributed by atoms with E-state index in [2.05, 4.69) is 27.4 Å². The molecule has 0 aromatic carbocycles. The number of nitrogens with zero attached hydrogens (tertiary/aromatic N) is 1. The number of rotatable bonds is 2. The molecule has 2 aromatic rings. The zero-order valence-corrected chi connectivity index (χ0v) is 13.2. The summed E-state index contributed by atoms with van der Waals surface area (Å²) >= 11 is 1.72. The molecule has 1 fully saturated rings. The van der Waals surface area contributed by atoms with Crippen molar-refractivity contribution in [2.24, 2.45) is 0 Å². The van der Waals surface area contributed by atoms with Crippen LogP contribution in [0, 0.1) is 0 Å². The molecule has 4 heteroatoms. The third-order valence-electron chi connectivity index (χ3n) is 3.87. The van der Waals surface area contributed by atoms with E-state index >= 15 is 0 Å². The van der Waals surface area contributed by atoms with Crippen LogP contribution < -0.4 is 5.32 Å². The van der Waals surface area contributed by atoms with Gasteiger partial charge < -0.3 is 9.88 Å². The Labute approximate surface area is 124 Å². The number of fused-ring (bicyclic) bond motifs is 1. The Kier molecular flexibility index (Phi) is 3.36. The van der Waals surface area contributed by atoms with Crippen molar-refractivity contribution in [3.05, 3.63) is 23.2 Å². The second-order valence-corrected chi connectivity index (χ2v) is 7.66. The van der Waals surface area contributed by atoms with E-state index in [1.165, 1.54) is 35.9 Å². The number of aromatic nitrogens is 1. The number of carbonyl (C=O) groups is 1. The smallest absolute Gasteiger partial charge is 0.268 e. The molecule has 0 spiro atoms. The van der Waals surface area contributed by atoms with Crippen molar-refractivity contribution in [1.29, 1.82) is 0 Å². The molecule has 0 saturated heterocycles. The lowest BCUT2D eigenvalue weighted by atomic mass is 10.1. The minimum absolute atomic E-state index is 0.0489. The van der Waals surface area contributed by atoms with Crippen molar-refractivity contribution >= 4 is 27.5 Å². The molecule has 0 atom stereocenters. The summed E-state index contributed by atoms with van der Waals surface area (Å²) < 4.78 is 3.50. The fourth-order valence-corrected chi connectivity index (χ4v) is 3.89. The van der Waals surface area contributed by atoms with Gasteiger partial charge in [0.1, 0.15) is 5.69 Å². The lowest BCUT2D eigenvalue weighted by molar-refractivity contribution is 0.0908. The Balaban J connectivity index is 2.03. The molecule has 3 rings (SSSR count). The highest BCUT2D eigenvalue weighted by molar-refractivity contribution is 7.17. The molecular weight excluding hydrogens is 268 g/mol. The lowest BCUT2D eigenvalue weighted by Gasteiger charge is -2.23. The van der Waals surface area contributed by atoms with Crippen molar-refractivity contribution in [2.75, 3.05) is 0 Å². The second kappa shape index (κ2) is 4.92. The quantitative estimate of drug-likeness (QED) is 0.876. The molecule has 2 heterocycles. The molecule has 3 nitrogen and oxygen atoms in total. The molecule has 1 aliphatic carbocycles. The van der Waals surface area contributed by atoms with Crippen molar-refractivity contribution in [3.63, 3.8) is 0 Å². The Morgan fingerprint density at radius 3 is 2.70 bits per heavy atom. The van der Waals surface area contributed by atoms with E-state index in [-0.39, 0.29) is 11.4 Å². The normalized spacial score (nSPS) is 16.9. The van der Waals surface area contributed by atoms with Crippen molar-refractivity contribution in [3.8, 4) is 0 Å². The number of hydrogen-bond acceptors (Lipinski definition) is 2. The fourth-order valence-electron chi connectivity index (χ4n) is 3.08. The van der Waals surface area contributed by atoms with E-state index in [4.69, 9.17) is 0 Å². The molecule has 108 valence electrons. The van der Waals surface area contributed by atoms with Gasteiger partial charge in [-0.1, -0.05) is 12.8 Å². The molecule has 0 radical (unpaired) electrons. The number of hydrogen-bond donors (Lipinski definition) is 1. The summed E-state index contributed by atoms with van der Waals surface area (Å²) in [4.78, 5) is 12.6. The zero-order valence-electron chi connectivity index (χ0n) is 12.4. The molecule has 1 saturated carbocycles. The van der Waals surface area contributed by atoms with E-state index in [0.717, 1.165) is 5.69 Å². The average molecular weight is 290 g/mol. The van der Waals surface area contributed by atoms with Gasteiger partial charge in [-0.2, -0.15) is 0 Å². The summed E-state index contributed by atoms with van der Waals surface area (Å²) in [5, 5.41) is 5.21. The first-order chi connectivity index (χ1) is 9.46. The summed E-state index contributed by atoms with van der Waals surface area (Å²) in [6, 6.07) is 4.69. The summed E-state index contributed by atoms with van der Waals surface area (Å²) in [6.45, 7) is 6.07. The van der Waals surface area contributed by atoms with E-state index in [1.807, 2.05) is 20.8 Å². The van der Waals surface area contributed by atoms with Gasteiger partial charge in [0.25, 0.3) is 5.91 Å². The standard InChI is InChI=1S/C16H22N2OS/c1-16(2,3)17-15(19)13-10-14-12(8-9-20-14)18(13)11-6-4-5-7-11/h8-11H,4-7H2,1-3H3,(H,17,19). The topological polar surface area (TPSA) is 34.0 Å². The minimum Gasteiger partial charge on any atom is -0.346 e. The Bertz CT molecular complexity index is 626. The molecular formula is C16H22N2OS. The highest BCUT2D eigenvalue weighted by Gasteiger charge is 2.26. The first-order valence-corrected chi connectivity index (χ1v) is 8.24. The number of thiophene rings is 1. The zero-order chi connectivity index (χ0) is 14.3. The average Bonchev–Trinajstić information content (AvgIpc) is 3.01. The molecule has 2 aromatic heterocycles. The first-order valence-electron chi connectivity index (χ1n) is 7.37. The maximum absolute atomic E-state index is 12.6. The van der Waals surface area contributed by atoms with Crippen molar-refractivity contribution < 1.29 is 4.79 Å². The van der Waals surface area contributed by atoms with Gasteiger partial charge in [0.2, 0.25) is 0 Å². The van der Waals surface area contributed by atoms with Gasteiger partial charge in [-0.25, -0.2) is 0 Å². The lowest BCUT2D eigenvalue weighted by Crippen LogP contribution is -2.41. The van der Waals surface area contributed by atoms with Gasteiger partial charge in [0.05, 0.1) is 10.2 Å². The predicted molar refractivity (Wildman–Crippen MR) is 84.5 cm³/mol. The SMILES string of the molecule is CC(C)(C)NC(=O)c1cc2sccc2n1C1CCCC1. The Hall–Kier alpha value is -1.29. The third-order valence-corrected chi connectivity index (χ3v) is 4.72. The Morgan fingerprint density at radius 1 is 1.35 bits per heavy atom. The van der Waals surface area contributed by atoms with Crippen LogP contribution in [0.1, 0.15) is 63.0 Å². The molecule has 0 bridgehead atoms. The maximum Gasteiger partial charge on any atom is 0.268 e. The monoisotopic (exact) mass is 290 g/mol. The predicted octanol–water partition coefficient (Wildman–Crippen LogP) is 4.35. The largest absolute Gasteiger partial charge is 0.346 e. The minimum atomic E-state index is -0.199. The third kappa shape index (κ3) is 2.49. The first kappa shape index (κ1) is 13.7. The van der Waals surface area contributed by atoms with Crippen LogP contribution in [0.4, 0.5) is 0 Å². The molecule has 1 N–H and O–H groups in total. The molecule has 1 amide bonds. The number of amides is 1. The summed E-state index contributed by atoms with van der Waals surface area (Å²) in [6.07, 6.45) is 4.93. The van der Waals surface area contributed by atoms with Crippen LogP contribution in [-0.2, 0) is 0 Å². The highest BCUT2D eigenvalue weighted by atomic mass is 32.1. The van der Waals surface area contributed by atoms with Crippen LogP contribution in [0.5, 0.6) is 0 Å². The molecule has 1 aliphatic rings. The van der Waals surface area contributed by atoms with E-state index < -0.39 is 0 Å². The van der Waals surface area contributed by atoms with Gasteiger partial charge in [-0.3, -0.25) is 4.79 Å². The second-order valence-electron chi connectivity index (χ2n) is 6.71. The van der Waals surface area contributed by atoms with Crippen LogP contribution in [0.15, 0.2) is 17.5 Å². The van der Waals surface area contributed by atoms with Gasteiger partial charge in [-0.15, -0.1) is 11.3 Å². The van der Waals surface area contributed by atoms with Gasteiger partial charge in [0.15, 0.2) is 0 Å². The summed E-state index contributed by atoms with van der Waals surface area (Å²) in [5.41, 5.74) is 1.85. The Morgan fingerprint density at radius 2 is 2.05 bits per heavy atom. The van der Waals surface area contributed by atoms with E-state index in [1.54, 1.807) is 11.3 Å². The number of nitrogens with one attached hydrogen (secondary N) is 1. The van der Waals surface area contributed by atoms with Crippen LogP contribution in [0.25, 0.3) is 10.2 Å². The van der Waals surface area contributed by atoms with Crippen molar-refractivity contribution in [2.45, 2.75) is 58.0 Å². The van der Waals surface area contributed by atoms with E-state index in [9.17, 15) is 4.79 Å². The van der Waals surface area contributed by atoms with Gasteiger partial charge >= 0.3 is 0 Å². The van der Waals surface area contributed by atoms with Gasteiger partial charge in [-0.05, 0) is 51.1 Å². The van der Waals surface area contributed by atoms with Crippen LogP contribution in [0.3, 0.4) is 0 Å². The van der Waals surface area contributed by atoms with Crippen LogP contribution in [-0.4, -0.2) is 16.0 Å².